The SMILES string of the molecule is Nc1cncc(Br)c1OCc1cccs1. The average Bonchev–Trinajstić information content (AvgIpc) is 2.70. The number of aromatic nitrogens is 1. The van der Waals surface area contributed by atoms with Crippen LogP contribution >= 0.6 is 27.3 Å². The molecule has 0 atom stereocenters. The molecule has 0 aromatic carbocycles. The van der Waals surface area contributed by atoms with E-state index in [2.05, 4.69) is 20.9 Å². The summed E-state index contributed by atoms with van der Waals surface area (Å²) in [6.07, 6.45) is 3.24. The third kappa shape index (κ3) is 2.49. The molecule has 2 N–H and O–H groups in total. The zero-order chi connectivity index (χ0) is 10.7. The monoisotopic (exact) mass is 284 g/mol. The standard InChI is InChI=1S/C10H9BrN2OS/c11-8-4-13-5-9(12)10(8)14-6-7-2-1-3-15-7/h1-5H,6,12H2. The van der Waals surface area contributed by atoms with Crippen molar-refractivity contribution in [3.8, 4) is 5.75 Å². The maximum Gasteiger partial charge on any atom is 0.160 e. The molecule has 78 valence electrons. The number of pyridine rings is 1. The number of rotatable bonds is 3. The Morgan fingerprint density at radius 1 is 1.47 bits per heavy atom. The zero-order valence-corrected chi connectivity index (χ0v) is 10.2. The molecule has 0 saturated heterocycles. The molecule has 2 rings (SSSR count). The quantitative estimate of drug-likeness (QED) is 0.942. The van der Waals surface area contributed by atoms with Crippen LogP contribution in [0.3, 0.4) is 0 Å². The van der Waals surface area contributed by atoms with Crippen molar-refractivity contribution in [1.82, 2.24) is 4.98 Å². The van der Waals surface area contributed by atoms with Gasteiger partial charge in [0.25, 0.3) is 0 Å². The van der Waals surface area contributed by atoms with Gasteiger partial charge in [-0.2, -0.15) is 0 Å². The van der Waals surface area contributed by atoms with Crippen molar-refractivity contribution in [2.75, 3.05) is 5.73 Å². The largest absolute Gasteiger partial charge is 0.485 e. The highest BCUT2D eigenvalue weighted by molar-refractivity contribution is 9.10. The third-order valence-corrected chi connectivity index (χ3v) is 3.23. The number of nitrogens with two attached hydrogens (primary N) is 1. The lowest BCUT2D eigenvalue weighted by molar-refractivity contribution is 0.309. The van der Waals surface area contributed by atoms with Gasteiger partial charge in [0.15, 0.2) is 5.75 Å². The molecular formula is C10H9BrN2OS. The Labute approximate surface area is 100 Å². The lowest BCUT2D eigenvalue weighted by atomic mass is 10.4. The van der Waals surface area contributed by atoms with Gasteiger partial charge in [0.05, 0.1) is 16.4 Å². The van der Waals surface area contributed by atoms with Crippen molar-refractivity contribution in [1.29, 1.82) is 0 Å². The highest BCUT2D eigenvalue weighted by Gasteiger charge is 2.06. The maximum absolute atomic E-state index is 5.75. The van der Waals surface area contributed by atoms with Gasteiger partial charge in [0, 0.05) is 11.1 Å². The highest BCUT2D eigenvalue weighted by atomic mass is 79.9. The molecule has 0 aliphatic rings. The summed E-state index contributed by atoms with van der Waals surface area (Å²) in [5.41, 5.74) is 6.29. The molecule has 5 heteroatoms. The van der Waals surface area contributed by atoms with Crippen LogP contribution in [0.15, 0.2) is 34.4 Å². The van der Waals surface area contributed by atoms with Crippen LogP contribution < -0.4 is 10.5 Å². The van der Waals surface area contributed by atoms with Crippen LogP contribution in [0.2, 0.25) is 0 Å². The van der Waals surface area contributed by atoms with Crippen LogP contribution in [0.4, 0.5) is 5.69 Å². The van der Waals surface area contributed by atoms with Gasteiger partial charge in [-0.25, -0.2) is 0 Å². The van der Waals surface area contributed by atoms with Crippen LogP contribution in [0, 0.1) is 0 Å². The molecule has 0 unspecified atom stereocenters. The van der Waals surface area contributed by atoms with E-state index in [-0.39, 0.29) is 0 Å². The Hall–Kier alpha value is -1.07. The normalized spacial score (nSPS) is 10.2. The van der Waals surface area contributed by atoms with Gasteiger partial charge in [-0.1, -0.05) is 6.07 Å². The van der Waals surface area contributed by atoms with Crippen LogP contribution in [0.1, 0.15) is 4.88 Å². The van der Waals surface area contributed by atoms with Crippen LogP contribution in [0.5, 0.6) is 5.75 Å². The summed E-state index contributed by atoms with van der Waals surface area (Å²) in [7, 11) is 0. The predicted octanol–water partition coefficient (Wildman–Crippen LogP) is 3.07. The number of hydrogen-bond acceptors (Lipinski definition) is 4. The number of ether oxygens (including phenoxy) is 1. The number of halogens is 1. The molecule has 0 aliphatic carbocycles. The Kier molecular flexibility index (Phi) is 3.23. The van der Waals surface area contributed by atoms with E-state index < -0.39 is 0 Å². The lowest BCUT2D eigenvalue weighted by Crippen LogP contribution is -1.98. The second-order valence-corrected chi connectivity index (χ2v) is 4.79. The maximum atomic E-state index is 5.75. The smallest absolute Gasteiger partial charge is 0.160 e. The minimum atomic E-state index is 0.532. The Balaban J connectivity index is 2.11. The summed E-state index contributed by atoms with van der Waals surface area (Å²) in [5, 5.41) is 2.02. The van der Waals surface area contributed by atoms with E-state index in [0.29, 0.717) is 18.0 Å². The molecule has 0 bridgehead atoms. The van der Waals surface area contributed by atoms with Gasteiger partial charge in [0.1, 0.15) is 6.61 Å². The average molecular weight is 285 g/mol. The van der Waals surface area contributed by atoms with Crippen molar-refractivity contribution in [3.63, 3.8) is 0 Å². The Morgan fingerprint density at radius 2 is 2.33 bits per heavy atom. The predicted molar refractivity (Wildman–Crippen MR) is 65.0 cm³/mol. The fraction of sp³-hybridized carbons (Fsp3) is 0.100. The van der Waals surface area contributed by atoms with Gasteiger partial charge in [0.2, 0.25) is 0 Å². The van der Waals surface area contributed by atoms with E-state index >= 15 is 0 Å². The van der Waals surface area contributed by atoms with Gasteiger partial charge in [-0.05, 0) is 27.4 Å². The molecule has 3 nitrogen and oxygen atoms in total. The number of nitrogens with zero attached hydrogens (tertiary/aromatic N) is 1. The topological polar surface area (TPSA) is 48.1 Å². The fourth-order valence-corrected chi connectivity index (χ4v) is 2.21. The van der Waals surface area contributed by atoms with Gasteiger partial charge >= 0.3 is 0 Å². The number of nitrogen functional groups attached to an aromatic ring is 1. The molecule has 2 aromatic heterocycles. The van der Waals surface area contributed by atoms with Crippen LogP contribution in [-0.4, -0.2) is 4.98 Å². The first-order valence-electron chi connectivity index (χ1n) is 4.31. The number of hydrogen-bond donors (Lipinski definition) is 1. The molecule has 0 spiro atoms. The number of thiophene rings is 1. The molecular weight excluding hydrogens is 276 g/mol. The first-order chi connectivity index (χ1) is 7.27. The molecule has 0 aliphatic heterocycles. The van der Waals surface area contributed by atoms with Crippen molar-refractivity contribution in [2.24, 2.45) is 0 Å². The molecule has 2 heterocycles. The van der Waals surface area contributed by atoms with Gasteiger partial charge in [-0.15, -0.1) is 11.3 Å². The second-order valence-electron chi connectivity index (χ2n) is 2.91. The van der Waals surface area contributed by atoms with Crippen molar-refractivity contribution < 1.29 is 4.74 Å². The van der Waals surface area contributed by atoms with Gasteiger partial charge in [-0.3, -0.25) is 4.98 Å². The molecule has 2 aromatic rings. The zero-order valence-electron chi connectivity index (χ0n) is 7.81. The van der Waals surface area contributed by atoms with E-state index in [4.69, 9.17) is 10.5 Å². The first-order valence-corrected chi connectivity index (χ1v) is 5.99. The summed E-state index contributed by atoms with van der Waals surface area (Å²) in [6.45, 7) is 0.532. The summed E-state index contributed by atoms with van der Waals surface area (Å²) >= 11 is 5.00. The number of anilines is 1. The summed E-state index contributed by atoms with van der Waals surface area (Å²) in [5.74, 6) is 0.651. The molecule has 0 fully saturated rings. The minimum absolute atomic E-state index is 0.532. The van der Waals surface area contributed by atoms with E-state index in [9.17, 15) is 0 Å². The minimum Gasteiger partial charge on any atom is -0.485 e. The van der Waals surface area contributed by atoms with Crippen molar-refractivity contribution in [2.45, 2.75) is 6.61 Å². The van der Waals surface area contributed by atoms with E-state index in [1.165, 1.54) is 0 Å². The third-order valence-electron chi connectivity index (χ3n) is 1.82. The van der Waals surface area contributed by atoms with E-state index in [1.54, 1.807) is 23.7 Å². The van der Waals surface area contributed by atoms with Crippen LogP contribution in [-0.2, 0) is 6.61 Å². The summed E-state index contributed by atoms with van der Waals surface area (Å²) < 4.78 is 6.39. The van der Waals surface area contributed by atoms with E-state index in [0.717, 1.165) is 9.35 Å². The second kappa shape index (κ2) is 4.63. The van der Waals surface area contributed by atoms with Crippen molar-refractivity contribution >= 4 is 33.0 Å². The van der Waals surface area contributed by atoms with Crippen LogP contribution in [0.25, 0.3) is 0 Å². The Bertz CT molecular complexity index is 424. The molecule has 15 heavy (non-hydrogen) atoms. The van der Waals surface area contributed by atoms with Crippen molar-refractivity contribution in [3.05, 3.63) is 39.3 Å². The van der Waals surface area contributed by atoms with Gasteiger partial charge < -0.3 is 10.5 Å². The summed E-state index contributed by atoms with van der Waals surface area (Å²) in [6, 6.07) is 4.02. The highest BCUT2D eigenvalue weighted by Crippen LogP contribution is 2.30. The molecule has 0 saturated carbocycles. The molecule has 0 radical (unpaired) electrons. The Morgan fingerprint density at radius 3 is 3.00 bits per heavy atom. The summed E-state index contributed by atoms with van der Waals surface area (Å²) in [4.78, 5) is 5.11. The fourth-order valence-electron chi connectivity index (χ4n) is 1.13. The van der Waals surface area contributed by atoms with E-state index in [1.807, 2.05) is 17.5 Å². The molecule has 0 amide bonds. The lowest BCUT2D eigenvalue weighted by Gasteiger charge is -2.08. The first kappa shape index (κ1) is 10.4.